The fourth-order valence-corrected chi connectivity index (χ4v) is 2.01. The first-order chi connectivity index (χ1) is 11.6. The van der Waals surface area contributed by atoms with E-state index in [2.05, 4.69) is 24.4 Å². The summed E-state index contributed by atoms with van der Waals surface area (Å²) in [6, 6.07) is 16.7. The number of hydrogen-bond acceptors (Lipinski definition) is 4. The van der Waals surface area contributed by atoms with Crippen LogP contribution in [0.15, 0.2) is 53.6 Å². The highest BCUT2D eigenvalue weighted by atomic mass is 16.5. The Kier molecular flexibility index (Phi) is 6.09. The van der Waals surface area contributed by atoms with Crippen molar-refractivity contribution in [2.45, 2.75) is 19.8 Å². The van der Waals surface area contributed by atoms with Gasteiger partial charge in [0.15, 0.2) is 6.61 Å². The summed E-state index contributed by atoms with van der Waals surface area (Å²) in [5.41, 5.74) is 4.94. The fraction of sp³-hybridized carbons (Fsp3) is 0.211. The average molecular weight is 321 g/mol. The lowest BCUT2D eigenvalue weighted by Crippen LogP contribution is -2.24. The summed E-state index contributed by atoms with van der Waals surface area (Å²) in [5.74, 6) is 0.463. The van der Waals surface area contributed by atoms with E-state index in [0.717, 1.165) is 5.56 Å². The Morgan fingerprint density at radius 2 is 1.96 bits per heavy atom. The lowest BCUT2D eigenvalue weighted by molar-refractivity contribution is -0.123. The van der Waals surface area contributed by atoms with Crippen molar-refractivity contribution in [2.75, 3.05) is 6.61 Å². The quantitative estimate of drug-likeness (QED) is 0.656. The molecule has 1 N–H and O–H groups in total. The van der Waals surface area contributed by atoms with Crippen LogP contribution in [-0.4, -0.2) is 18.7 Å². The average Bonchev–Trinajstić information content (AvgIpc) is 2.60. The fourth-order valence-electron chi connectivity index (χ4n) is 2.01. The van der Waals surface area contributed by atoms with E-state index in [1.165, 1.54) is 5.56 Å². The van der Waals surface area contributed by atoms with E-state index in [-0.39, 0.29) is 6.61 Å². The third kappa shape index (κ3) is 4.96. The third-order valence-corrected chi connectivity index (χ3v) is 3.37. The molecule has 0 radical (unpaired) electrons. The van der Waals surface area contributed by atoms with Crippen LogP contribution in [0.2, 0.25) is 0 Å². The van der Waals surface area contributed by atoms with Crippen LogP contribution in [0.3, 0.4) is 0 Å². The van der Waals surface area contributed by atoms with Crippen molar-refractivity contribution in [1.29, 1.82) is 5.26 Å². The summed E-state index contributed by atoms with van der Waals surface area (Å²) < 4.78 is 5.33. The zero-order valence-electron chi connectivity index (χ0n) is 13.7. The molecule has 0 aliphatic carbocycles. The SMILES string of the molecule is CC(C)c1ccc(/C=N/NC(=O)COc2ccccc2C#N)cc1. The van der Waals surface area contributed by atoms with Crippen LogP contribution in [0.4, 0.5) is 0 Å². The van der Waals surface area contributed by atoms with Gasteiger partial charge in [0.2, 0.25) is 0 Å². The second kappa shape index (κ2) is 8.49. The van der Waals surface area contributed by atoms with Crippen molar-refractivity contribution in [3.63, 3.8) is 0 Å². The van der Waals surface area contributed by atoms with E-state index in [1.807, 2.05) is 30.3 Å². The molecule has 5 nitrogen and oxygen atoms in total. The number of hydrogen-bond donors (Lipinski definition) is 1. The van der Waals surface area contributed by atoms with Gasteiger partial charge in [0, 0.05) is 0 Å². The van der Waals surface area contributed by atoms with Crippen molar-refractivity contribution in [1.82, 2.24) is 5.43 Å². The van der Waals surface area contributed by atoms with E-state index in [4.69, 9.17) is 10.00 Å². The molecule has 0 aromatic heterocycles. The molecule has 2 aromatic carbocycles. The van der Waals surface area contributed by atoms with E-state index < -0.39 is 5.91 Å². The molecule has 0 spiro atoms. The lowest BCUT2D eigenvalue weighted by atomic mass is 10.0. The summed E-state index contributed by atoms with van der Waals surface area (Å²) in [6.45, 7) is 4.06. The number of para-hydroxylation sites is 1. The van der Waals surface area contributed by atoms with Crippen LogP contribution < -0.4 is 10.2 Å². The van der Waals surface area contributed by atoms with E-state index in [1.54, 1.807) is 30.5 Å². The van der Waals surface area contributed by atoms with Crippen LogP contribution in [0.1, 0.15) is 36.5 Å². The predicted molar refractivity (Wildman–Crippen MR) is 92.9 cm³/mol. The molecule has 0 bridgehead atoms. The van der Waals surface area contributed by atoms with Crippen molar-refractivity contribution in [3.05, 3.63) is 65.2 Å². The number of nitrogens with zero attached hydrogens (tertiary/aromatic N) is 2. The molecule has 2 rings (SSSR count). The van der Waals surface area contributed by atoms with Crippen molar-refractivity contribution in [3.8, 4) is 11.8 Å². The Morgan fingerprint density at radius 1 is 1.25 bits per heavy atom. The summed E-state index contributed by atoms with van der Waals surface area (Å²) in [7, 11) is 0. The number of carbonyl (C=O) groups is 1. The maximum atomic E-state index is 11.7. The minimum absolute atomic E-state index is 0.206. The number of benzene rings is 2. The van der Waals surface area contributed by atoms with Gasteiger partial charge >= 0.3 is 0 Å². The maximum absolute atomic E-state index is 11.7. The first kappa shape index (κ1) is 17.2. The lowest BCUT2D eigenvalue weighted by Gasteiger charge is -2.06. The summed E-state index contributed by atoms with van der Waals surface area (Å²) >= 11 is 0. The number of nitrogens with one attached hydrogen (secondary N) is 1. The molecule has 1 amide bonds. The highest BCUT2D eigenvalue weighted by molar-refractivity contribution is 5.83. The Bertz CT molecular complexity index is 759. The molecule has 5 heteroatoms. The molecular formula is C19H19N3O2. The minimum atomic E-state index is -0.391. The van der Waals surface area contributed by atoms with E-state index >= 15 is 0 Å². The second-order valence-electron chi connectivity index (χ2n) is 5.51. The first-order valence-electron chi connectivity index (χ1n) is 7.64. The first-order valence-corrected chi connectivity index (χ1v) is 7.64. The number of amides is 1. The molecule has 0 atom stereocenters. The second-order valence-corrected chi connectivity index (χ2v) is 5.51. The Labute approximate surface area is 141 Å². The Morgan fingerprint density at radius 3 is 2.62 bits per heavy atom. The van der Waals surface area contributed by atoms with Crippen molar-refractivity contribution < 1.29 is 9.53 Å². The number of carbonyl (C=O) groups excluding carboxylic acids is 1. The normalized spacial score (nSPS) is 10.6. The third-order valence-electron chi connectivity index (χ3n) is 3.37. The molecule has 0 saturated carbocycles. The number of ether oxygens (including phenoxy) is 1. The topological polar surface area (TPSA) is 74.5 Å². The summed E-state index contributed by atoms with van der Waals surface area (Å²) in [5, 5.41) is 12.9. The maximum Gasteiger partial charge on any atom is 0.277 e. The predicted octanol–water partition coefficient (Wildman–Crippen LogP) is 3.21. The van der Waals surface area contributed by atoms with Crippen LogP contribution in [0.25, 0.3) is 0 Å². The monoisotopic (exact) mass is 321 g/mol. The van der Waals surface area contributed by atoms with Crippen LogP contribution >= 0.6 is 0 Å². The molecule has 0 fully saturated rings. The molecule has 0 aliphatic heterocycles. The molecule has 0 unspecified atom stereocenters. The zero-order valence-corrected chi connectivity index (χ0v) is 13.7. The molecule has 24 heavy (non-hydrogen) atoms. The highest BCUT2D eigenvalue weighted by Crippen LogP contribution is 2.16. The molecule has 2 aromatic rings. The molecule has 122 valence electrons. The summed E-state index contributed by atoms with van der Waals surface area (Å²) in [4.78, 5) is 11.7. The van der Waals surface area contributed by atoms with Crippen molar-refractivity contribution in [2.24, 2.45) is 5.10 Å². The van der Waals surface area contributed by atoms with Gasteiger partial charge in [-0.3, -0.25) is 4.79 Å². The van der Waals surface area contributed by atoms with Gasteiger partial charge in [-0.25, -0.2) is 5.43 Å². The Hall–Kier alpha value is -3.13. The van der Waals surface area contributed by atoms with Crippen LogP contribution in [-0.2, 0) is 4.79 Å². The smallest absolute Gasteiger partial charge is 0.277 e. The molecule has 0 aliphatic rings. The van der Waals surface area contributed by atoms with Gasteiger partial charge in [-0.2, -0.15) is 10.4 Å². The summed E-state index contributed by atoms with van der Waals surface area (Å²) in [6.07, 6.45) is 1.57. The van der Waals surface area contributed by atoms with Gasteiger partial charge in [0.05, 0.1) is 11.8 Å². The van der Waals surface area contributed by atoms with Gasteiger partial charge in [-0.15, -0.1) is 0 Å². The van der Waals surface area contributed by atoms with E-state index in [9.17, 15) is 4.79 Å². The number of hydrazone groups is 1. The van der Waals surface area contributed by atoms with Crippen LogP contribution in [0.5, 0.6) is 5.75 Å². The largest absolute Gasteiger partial charge is 0.482 e. The van der Waals surface area contributed by atoms with E-state index in [0.29, 0.717) is 17.2 Å². The van der Waals surface area contributed by atoms with Crippen LogP contribution in [0, 0.1) is 11.3 Å². The number of rotatable bonds is 6. The highest BCUT2D eigenvalue weighted by Gasteiger charge is 2.05. The molecule has 0 saturated heterocycles. The zero-order chi connectivity index (χ0) is 17.4. The van der Waals surface area contributed by atoms with Gasteiger partial charge in [0.25, 0.3) is 5.91 Å². The minimum Gasteiger partial charge on any atom is -0.482 e. The molecule has 0 heterocycles. The van der Waals surface area contributed by atoms with Gasteiger partial charge in [-0.1, -0.05) is 50.2 Å². The molecular weight excluding hydrogens is 302 g/mol. The number of nitriles is 1. The van der Waals surface area contributed by atoms with Crippen molar-refractivity contribution >= 4 is 12.1 Å². The Balaban J connectivity index is 1.83. The van der Waals surface area contributed by atoms with Gasteiger partial charge in [0.1, 0.15) is 11.8 Å². The standard InChI is InChI=1S/C19H19N3O2/c1-14(2)16-9-7-15(8-10-16)12-21-22-19(23)13-24-18-6-4-3-5-17(18)11-20/h3-10,12,14H,13H2,1-2H3,(H,22,23)/b21-12+. The van der Waals surface area contributed by atoms with Gasteiger partial charge < -0.3 is 4.74 Å². The van der Waals surface area contributed by atoms with Gasteiger partial charge in [-0.05, 0) is 29.2 Å².